The predicted octanol–water partition coefficient (Wildman–Crippen LogP) is 2.85. The average Bonchev–Trinajstić information content (AvgIpc) is 2.35. The van der Waals surface area contributed by atoms with Crippen LogP contribution in [0.5, 0.6) is 11.5 Å². The molecule has 1 rings (SSSR count). The zero-order valence-electron chi connectivity index (χ0n) is 8.87. The van der Waals surface area contributed by atoms with Gasteiger partial charge in [0.1, 0.15) is 6.61 Å². The van der Waals surface area contributed by atoms with Crippen LogP contribution in [0.2, 0.25) is 0 Å². The van der Waals surface area contributed by atoms with Crippen molar-refractivity contribution >= 4 is 23.2 Å². The molecule has 0 aromatic heterocycles. The largest absolute Gasteiger partial charge is 0.493 e. The van der Waals surface area contributed by atoms with Gasteiger partial charge in [-0.1, -0.05) is 35.3 Å². The second-order valence-electron chi connectivity index (χ2n) is 3.00. The van der Waals surface area contributed by atoms with Gasteiger partial charge in [0.05, 0.1) is 12.1 Å². The lowest BCUT2D eigenvalue weighted by Crippen LogP contribution is -2.05. The van der Waals surface area contributed by atoms with E-state index in [1.54, 1.807) is 13.2 Å². The number of nitrogens with two attached hydrogens (primary N) is 1. The molecule has 0 fully saturated rings. The van der Waals surface area contributed by atoms with Crippen molar-refractivity contribution in [2.24, 2.45) is 5.73 Å². The van der Waals surface area contributed by atoms with E-state index in [0.717, 1.165) is 5.56 Å². The van der Waals surface area contributed by atoms with E-state index in [-0.39, 0.29) is 6.61 Å². The van der Waals surface area contributed by atoms with Gasteiger partial charge in [-0.25, -0.2) is 0 Å². The maximum absolute atomic E-state index is 5.74. The van der Waals surface area contributed by atoms with E-state index in [9.17, 15) is 0 Å². The van der Waals surface area contributed by atoms with Gasteiger partial charge in [-0.05, 0) is 6.07 Å². The zero-order valence-corrected chi connectivity index (χ0v) is 10.4. The third-order valence-electron chi connectivity index (χ3n) is 1.97. The van der Waals surface area contributed by atoms with Crippen LogP contribution in [-0.4, -0.2) is 13.7 Å². The number of benzene rings is 1. The summed E-state index contributed by atoms with van der Waals surface area (Å²) in [5.41, 5.74) is 7.73. The minimum atomic E-state index is 0.193. The molecule has 5 heteroatoms. The van der Waals surface area contributed by atoms with E-state index in [1.807, 2.05) is 12.1 Å². The highest BCUT2D eigenvalue weighted by Gasteiger charge is 2.09. The highest BCUT2D eigenvalue weighted by molar-refractivity contribution is 6.36. The summed E-state index contributed by atoms with van der Waals surface area (Å²) in [7, 11) is 1.57. The first kappa shape index (κ1) is 13.2. The van der Waals surface area contributed by atoms with Crippen LogP contribution in [0.4, 0.5) is 0 Å². The van der Waals surface area contributed by atoms with Crippen molar-refractivity contribution in [1.29, 1.82) is 0 Å². The molecule has 0 atom stereocenters. The van der Waals surface area contributed by atoms with Crippen LogP contribution < -0.4 is 15.2 Å². The standard InChI is InChI=1S/C11H13Cl2NO2/c1-15-10-4-2-3-8(6-14)11(10)16-7-9(13)5-12/h2-5H,6-7,14H2,1H3. The summed E-state index contributed by atoms with van der Waals surface area (Å²) >= 11 is 11.2. The fourth-order valence-electron chi connectivity index (χ4n) is 1.22. The SMILES string of the molecule is COc1cccc(CN)c1OCC(Cl)=CCl. The Balaban J connectivity index is 2.91. The predicted molar refractivity (Wildman–Crippen MR) is 66.2 cm³/mol. The molecule has 0 aliphatic rings. The molecule has 0 saturated carbocycles. The lowest BCUT2D eigenvalue weighted by atomic mass is 10.2. The Bertz CT molecular complexity index is 358. The molecule has 0 radical (unpaired) electrons. The van der Waals surface area contributed by atoms with Crippen LogP contribution in [0.3, 0.4) is 0 Å². The third-order valence-corrected chi connectivity index (χ3v) is 2.57. The van der Waals surface area contributed by atoms with Gasteiger partial charge in [-0.2, -0.15) is 0 Å². The molecule has 0 spiro atoms. The quantitative estimate of drug-likeness (QED) is 0.887. The smallest absolute Gasteiger partial charge is 0.166 e. The van der Waals surface area contributed by atoms with Crippen molar-refractivity contribution in [3.63, 3.8) is 0 Å². The van der Waals surface area contributed by atoms with E-state index in [1.165, 1.54) is 5.54 Å². The average molecular weight is 262 g/mol. The van der Waals surface area contributed by atoms with Crippen LogP contribution in [0, 0.1) is 0 Å². The lowest BCUT2D eigenvalue weighted by molar-refractivity contribution is 0.320. The molecule has 0 heterocycles. The van der Waals surface area contributed by atoms with Crippen molar-refractivity contribution in [1.82, 2.24) is 0 Å². The molecule has 0 unspecified atom stereocenters. The molecular weight excluding hydrogens is 249 g/mol. The van der Waals surface area contributed by atoms with E-state index < -0.39 is 0 Å². The zero-order chi connectivity index (χ0) is 12.0. The summed E-state index contributed by atoms with van der Waals surface area (Å²) in [6.07, 6.45) is 0. The van der Waals surface area contributed by atoms with E-state index >= 15 is 0 Å². The summed E-state index contributed by atoms with van der Waals surface area (Å²) in [4.78, 5) is 0. The van der Waals surface area contributed by atoms with Crippen molar-refractivity contribution in [2.75, 3.05) is 13.7 Å². The van der Waals surface area contributed by atoms with Gasteiger partial charge in [-0.3, -0.25) is 0 Å². The molecule has 2 N–H and O–H groups in total. The molecular formula is C11H13Cl2NO2. The van der Waals surface area contributed by atoms with Gasteiger partial charge in [0.25, 0.3) is 0 Å². The highest BCUT2D eigenvalue weighted by Crippen LogP contribution is 2.31. The van der Waals surface area contributed by atoms with Crippen molar-refractivity contribution < 1.29 is 9.47 Å². The minimum absolute atomic E-state index is 0.193. The Morgan fingerprint density at radius 2 is 2.25 bits per heavy atom. The fourth-order valence-corrected chi connectivity index (χ4v) is 1.34. The highest BCUT2D eigenvalue weighted by atomic mass is 35.5. The van der Waals surface area contributed by atoms with E-state index in [2.05, 4.69) is 0 Å². The summed E-state index contributed by atoms with van der Waals surface area (Å²) in [6.45, 7) is 0.563. The molecule has 16 heavy (non-hydrogen) atoms. The summed E-state index contributed by atoms with van der Waals surface area (Å²) in [5.74, 6) is 1.23. The van der Waals surface area contributed by atoms with Crippen molar-refractivity contribution in [3.05, 3.63) is 34.3 Å². The number of para-hydroxylation sites is 1. The summed E-state index contributed by atoms with van der Waals surface area (Å²) in [6, 6.07) is 5.52. The topological polar surface area (TPSA) is 44.5 Å². The Morgan fingerprint density at radius 3 is 2.81 bits per heavy atom. The molecule has 0 aliphatic heterocycles. The number of hydrogen-bond donors (Lipinski definition) is 1. The molecule has 88 valence electrons. The maximum Gasteiger partial charge on any atom is 0.166 e. The van der Waals surface area contributed by atoms with Gasteiger partial charge in [0.15, 0.2) is 11.5 Å². The van der Waals surface area contributed by atoms with Crippen LogP contribution in [0.1, 0.15) is 5.56 Å². The lowest BCUT2D eigenvalue weighted by Gasteiger charge is -2.13. The summed E-state index contributed by atoms with van der Waals surface area (Å²) < 4.78 is 10.7. The Labute approximate surface area is 105 Å². The van der Waals surface area contributed by atoms with Gasteiger partial charge in [0, 0.05) is 17.6 Å². The minimum Gasteiger partial charge on any atom is -0.493 e. The number of methoxy groups -OCH3 is 1. The Kier molecular flexibility index (Phi) is 5.46. The molecule has 0 amide bonds. The van der Waals surface area contributed by atoms with Crippen LogP contribution in [0.25, 0.3) is 0 Å². The monoisotopic (exact) mass is 261 g/mol. The number of ether oxygens (including phenoxy) is 2. The molecule has 0 saturated heterocycles. The molecule has 0 aliphatic carbocycles. The first-order chi connectivity index (χ1) is 7.72. The molecule has 1 aromatic rings. The first-order valence-corrected chi connectivity index (χ1v) is 5.47. The number of halogens is 2. The van der Waals surface area contributed by atoms with Crippen LogP contribution >= 0.6 is 23.2 Å². The number of rotatable bonds is 5. The molecule has 0 bridgehead atoms. The van der Waals surface area contributed by atoms with Crippen LogP contribution in [-0.2, 0) is 6.54 Å². The van der Waals surface area contributed by atoms with Gasteiger partial charge < -0.3 is 15.2 Å². The van der Waals surface area contributed by atoms with E-state index in [0.29, 0.717) is 23.1 Å². The maximum atomic E-state index is 5.74. The Hall–Kier alpha value is -0.900. The van der Waals surface area contributed by atoms with E-state index in [4.69, 9.17) is 38.4 Å². The van der Waals surface area contributed by atoms with Gasteiger partial charge in [0.2, 0.25) is 0 Å². The normalized spacial score (nSPS) is 11.4. The van der Waals surface area contributed by atoms with Gasteiger partial charge >= 0.3 is 0 Å². The fraction of sp³-hybridized carbons (Fsp3) is 0.273. The van der Waals surface area contributed by atoms with Gasteiger partial charge in [-0.15, -0.1) is 0 Å². The van der Waals surface area contributed by atoms with Crippen LogP contribution in [0.15, 0.2) is 28.8 Å². The second kappa shape index (κ2) is 6.63. The Morgan fingerprint density at radius 1 is 1.50 bits per heavy atom. The third kappa shape index (κ3) is 3.30. The first-order valence-electron chi connectivity index (χ1n) is 4.66. The molecule has 3 nitrogen and oxygen atoms in total. The molecule has 1 aromatic carbocycles. The van der Waals surface area contributed by atoms with Crippen molar-refractivity contribution in [3.8, 4) is 11.5 Å². The number of hydrogen-bond acceptors (Lipinski definition) is 3. The second-order valence-corrected chi connectivity index (χ2v) is 3.70. The van der Waals surface area contributed by atoms with Crippen molar-refractivity contribution in [2.45, 2.75) is 6.54 Å². The summed E-state index contributed by atoms with van der Waals surface area (Å²) in [5, 5.41) is 0.413.